The number of carbonyl (C=O) groups excluding carboxylic acids is 3. The van der Waals surface area contributed by atoms with Crippen LogP contribution in [0.4, 0.5) is 9.59 Å². The molecule has 0 aromatic carbocycles. The third kappa shape index (κ3) is 4.59. The van der Waals surface area contributed by atoms with Crippen LogP contribution in [-0.4, -0.2) is 41.7 Å². The van der Waals surface area contributed by atoms with Gasteiger partial charge in [0.2, 0.25) is 0 Å². The lowest BCUT2D eigenvalue weighted by Gasteiger charge is -2.38. The second kappa shape index (κ2) is 7.51. The number of ether oxygens (including phenoxy) is 2. The fraction of sp³-hybridized carbons (Fsp3) is 0.588. The first-order valence-electron chi connectivity index (χ1n) is 7.92. The highest BCUT2D eigenvalue weighted by atomic mass is 16.6. The van der Waals surface area contributed by atoms with E-state index in [1.165, 1.54) is 6.08 Å². The maximum absolute atomic E-state index is 12.3. The number of nitrogens with zero attached hydrogens (tertiary/aromatic N) is 1. The SMILES string of the molecule is CCOC(=O)NN(C(=O)OCC)C1(C)C=CC(=O)C(C(C)(C)C)=C1. The molecule has 2 amide bonds. The number of ketones is 1. The summed E-state index contributed by atoms with van der Waals surface area (Å²) >= 11 is 0. The Balaban J connectivity index is 3.26. The lowest BCUT2D eigenvalue weighted by atomic mass is 9.77. The Labute approximate surface area is 142 Å². The smallest absolute Gasteiger partial charge is 0.429 e. The first kappa shape index (κ1) is 19.7. The minimum atomic E-state index is -1.06. The molecule has 0 aromatic rings. The predicted octanol–water partition coefficient (Wildman–Crippen LogP) is 2.98. The summed E-state index contributed by atoms with van der Waals surface area (Å²) in [7, 11) is 0. The fourth-order valence-corrected chi connectivity index (χ4v) is 2.28. The van der Waals surface area contributed by atoms with E-state index in [2.05, 4.69) is 5.43 Å². The summed E-state index contributed by atoms with van der Waals surface area (Å²) in [5.74, 6) is -0.125. The van der Waals surface area contributed by atoms with E-state index in [-0.39, 0.29) is 19.0 Å². The lowest BCUT2D eigenvalue weighted by molar-refractivity contribution is -0.112. The fourth-order valence-electron chi connectivity index (χ4n) is 2.28. The Bertz CT molecular complexity index is 574. The zero-order valence-corrected chi connectivity index (χ0v) is 15.1. The van der Waals surface area contributed by atoms with Crippen LogP contribution in [0.3, 0.4) is 0 Å². The van der Waals surface area contributed by atoms with Crippen molar-refractivity contribution in [3.05, 3.63) is 23.8 Å². The van der Waals surface area contributed by atoms with Gasteiger partial charge in [0.15, 0.2) is 5.78 Å². The predicted molar refractivity (Wildman–Crippen MR) is 89.1 cm³/mol. The van der Waals surface area contributed by atoms with E-state index >= 15 is 0 Å². The van der Waals surface area contributed by atoms with Crippen LogP contribution < -0.4 is 5.43 Å². The molecular weight excluding hydrogens is 312 g/mol. The minimum Gasteiger partial charge on any atom is -0.449 e. The molecular formula is C17H26N2O5. The van der Waals surface area contributed by atoms with Crippen LogP contribution in [0, 0.1) is 5.41 Å². The molecule has 0 aliphatic heterocycles. The maximum Gasteiger partial charge on any atom is 0.429 e. The number of amides is 2. The van der Waals surface area contributed by atoms with Crippen molar-refractivity contribution >= 4 is 18.0 Å². The molecule has 0 saturated carbocycles. The van der Waals surface area contributed by atoms with Crippen molar-refractivity contribution < 1.29 is 23.9 Å². The average molecular weight is 338 g/mol. The molecule has 134 valence electrons. The topological polar surface area (TPSA) is 84.9 Å². The number of nitrogens with one attached hydrogen (secondary N) is 1. The van der Waals surface area contributed by atoms with Crippen molar-refractivity contribution in [3.8, 4) is 0 Å². The van der Waals surface area contributed by atoms with Gasteiger partial charge in [0.05, 0.1) is 13.2 Å². The zero-order chi connectivity index (χ0) is 18.5. The van der Waals surface area contributed by atoms with Crippen LogP contribution >= 0.6 is 0 Å². The van der Waals surface area contributed by atoms with Crippen LogP contribution in [0.5, 0.6) is 0 Å². The van der Waals surface area contributed by atoms with Crippen LogP contribution in [0.25, 0.3) is 0 Å². The van der Waals surface area contributed by atoms with Crippen molar-refractivity contribution in [2.75, 3.05) is 13.2 Å². The summed E-state index contributed by atoms with van der Waals surface area (Å²) < 4.78 is 9.86. The molecule has 0 bridgehead atoms. The molecule has 7 heteroatoms. The minimum absolute atomic E-state index is 0.125. The van der Waals surface area contributed by atoms with E-state index in [4.69, 9.17) is 9.47 Å². The van der Waals surface area contributed by atoms with Crippen molar-refractivity contribution in [1.29, 1.82) is 0 Å². The summed E-state index contributed by atoms with van der Waals surface area (Å²) in [5.41, 5.74) is 1.47. The Kier molecular flexibility index (Phi) is 6.17. The van der Waals surface area contributed by atoms with E-state index in [9.17, 15) is 14.4 Å². The Hall–Kier alpha value is -2.31. The molecule has 1 aliphatic rings. The van der Waals surface area contributed by atoms with Gasteiger partial charge in [0.1, 0.15) is 5.54 Å². The molecule has 0 aromatic heterocycles. The largest absolute Gasteiger partial charge is 0.449 e. The second-order valence-corrected chi connectivity index (χ2v) is 6.60. The van der Waals surface area contributed by atoms with E-state index in [0.717, 1.165) is 5.01 Å². The molecule has 1 unspecified atom stereocenters. The molecule has 0 heterocycles. The summed E-state index contributed by atoms with van der Waals surface area (Å²) in [6, 6.07) is 0. The van der Waals surface area contributed by atoms with Crippen molar-refractivity contribution in [2.24, 2.45) is 5.41 Å². The summed E-state index contributed by atoms with van der Waals surface area (Å²) in [6.45, 7) is 11.1. The maximum atomic E-state index is 12.3. The molecule has 1 N–H and O–H groups in total. The van der Waals surface area contributed by atoms with Crippen LogP contribution in [-0.2, 0) is 14.3 Å². The Morgan fingerprint density at radius 1 is 1.21 bits per heavy atom. The zero-order valence-electron chi connectivity index (χ0n) is 15.1. The number of hydrogen-bond acceptors (Lipinski definition) is 5. The molecule has 0 spiro atoms. The molecule has 0 radical (unpaired) electrons. The van der Waals surface area contributed by atoms with Gasteiger partial charge < -0.3 is 9.47 Å². The highest BCUT2D eigenvalue weighted by Crippen LogP contribution is 2.34. The van der Waals surface area contributed by atoms with Crippen molar-refractivity contribution in [3.63, 3.8) is 0 Å². The quantitative estimate of drug-likeness (QED) is 0.800. The number of allylic oxidation sites excluding steroid dienone is 2. The van der Waals surface area contributed by atoms with E-state index in [1.54, 1.807) is 32.9 Å². The number of carbonyl (C=O) groups is 3. The summed E-state index contributed by atoms with van der Waals surface area (Å²) in [6.07, 6.45) is 3.10. The number of hydrazine groups is 1. The molecule has 0 saturated heterocycles. The third-order valence-electron chi connectivity index (χ3n) is 3.49. The normalized spacial score (nSPS) is 20.2. The first-order chi connectivity index (χ1) is 11.0. The number of hydrogen-bond donors (Lipinski definition) is 1. The van der Waals surface area contributed by atoms with Gasteiger partial charge in [-0.15, -0.1) is 0 Å². The van der Waals surface area contributed by atoms with Crippen molar-refractivity contribution in [2.45, 2.75) is 47.1 Å². The molecule has 0 fully saturated rings. The highest BCUT2D eigenvalue weighted by molar-refractivity contribution is 6.06. The van der Waals surface area contributed by atoms with Crippen LogP contribution in [0.15, 0.2) is 23.8 Å². The van der Waals surface area contributed by atoms with Gasteiger partial charge in [-0.2, -0.15) is 0 Å². The van der Waals surface area contributed by atoms with Crippen LogP contribution in [0.2, 0.25) is 0 Å². The highest BCUT2D eigenvalue weighted by Gasteiger charge is 2.39. The van der Waals surface area contributed by atoms with E-state index in [0.29, 0.717) is 5.57 Å². The average Bonchev–Trinajstić information content (AvgIpc) is 2.47. The molecule has 24 heavy (non-hydrogen) atoms. The number of rotatable bonds is 3. The van der Waals surface area contributed by atoms with Gasteiger partial charge in [0.25, 0.3) is 0 Å². The van der Waals surface area contributed by atoms with Gasteiger partial charge in [-0.25, -0.2) is 20.0 Å². The summed E-state index contributed by atoms with van der Waals surface area (Å²) in [4.78, 5) is 36.3. The first-order valence-corrected chi connectivity index (χ1v) is 7.92. The van der Waals surface area contributed by atoms with E-state index < -0.39 is 23.1 Å². The van der Waals surface area contributed by atoms with Gasteiger partial charge in [-0.1, -0.05) is 20.8 Å². The summed E-state index contributed by atoms with van der Waals surface area (Å²) in [5, 5.41) is 1.03. The monoisotopic (exact) mass is 338 g/mol. The van der Waals surface area contributed by atoms with Gasteiger partial charge in [0, 0.05) is 5.57 Å². The Morgan fingerprint density at radius 2 is 1.79 bits per heavy atom. The van der Waals surface area contributed by atoms with Crippen LogP contribution in [0.1, 0.15) is 41.5 Å². The molecule has 1 aliphatic carbocycles. The second-order valence-electron chi connectivity index (χ2n) is 6.60. The lowest BCUT2D eigenvalue weighted by Crippen LogP contribution is -2.58. The van der Waals surface area contributed by atoms with Gasteiger partial charge in [-0.3, -0.25) is 4.79 Å². The van der Waals surface area contributed by atoms with Gasteiger partial charge in [-0.05, 0) is 44.4 Å². The molecule has 7 nitrogen and oxygen atoms in total. The third-order valence-corrected chi connectivity index (χ3v) is 3.49. The standard InChI is InChI=1S/C17H26N2O5/c1-7-23-14(21)18-19(15(22)24-8-2)17(6)10-9-13(20)12(11-17)16(3,4)5/h9-11H,7-8H2,1-6H3,(H,18,21). The molecule has 1 rings (SSSR count). The molecule has 1 atom stereocenters. The van der Waals surface area contributed by atoms with E-state index in [1.807, 2.05) is 20.8 Å². The Morgan fingerprint density at radius 3 is 2.29 bits per heavy atom. The van der Waals surface area contributed by atoms with Gasteiger partial charge >= 0.3 is 12.2 Å². The van der Waals surface area contributed by atoms with Crippen molar-refractivity contribution in [1.82, 2.24) is 10.4 Å².